The molecule has 28 heavy (non-hydrogen) atoms. The van der Waals surface area contributed by atoms with Crippen molar-refractivity contribution >= 4 is 17.9 Å². The third-order valence-corrected chi connectivity index (χ3v) is 3.81. The molecule has 2 N–H and O–H groups in total. The number of carbonyl (C=O) groups is 2. The minimum Gasteiger partial charge on any atom is -0.483 e. The number of nitrogens with one attached hydrogen (secondary N) is 2. The van der Waals surface area contributed by atoms with Gasteiger partial charge >= 0.3 is 0 Å². The van der Waals surface area contributed by atoms with Crippen LogP contribution in [-0.2, 0) is 16.6 Å². The predicted octanol–water partition coefficient (Wildman–Crippen LogP) is 2.33. The number of hydrogen-bond donors (Lipinski definition) is 2. The van der Waals surface area contributed by atoms with Crippen LogP contribution in [0, 0.1) is 0 Å². The van der Waals surface area contributed by atoms with Crippen LogP contribution in [0.25, 0.3) is 17.2 Å². The van der Waals surface area contributed by atoms with Gasteiger partial charge in [0.25, 0.3) is 11.8 Å². The van der Waals surface area contributed by atoms with Crippen LogP contribution in [0.5, 0.6) is 5.75 Å². The molecule has 1 aromatic heterocycles. The fourth-order valence-electron chi connectivity index (χ4n) is 2.50. The van der Waals surface area contributed by atoms with Gasteiger partial charge in [0.1, 0.15) is 5.75 Å². The number of amides is 2. The molecule has 0 radical (unpaired) electrons. The van der Waals surface area contributed by atoms with Crippen LogP contribution in [-0.4, -0.2) is 28.2 Å². The highest BCUT2D eigenvalue weighted by Gasteiger charge is 2.08. The number of rotatable bonds is 6. The lowest BCUT2D eigenvalue weighted by Crippen LogP contribution is -2.43. The normalized spacial score (nSPS) is 10.6. The standard InChI is InChI=1S/C21H20N4O3/c1-25-14-16(13-22-25)11-12-20(26)23-24-21(27)15-28-19-10-6-5-9-18(19)17-7-3-2-4-8-17/h2-14H,15H2,1H3,(H,23,26)(H,24,27)/b12-11+. The van der Waals surface area contributed by atoms with E-state index in [-0.39, 0.29) is 6.61 Å². The molecule has 0 spiro atoms. The molecular weight excluding hydrogens is 356 g/mol. The quantitative estimate of drug-likeness (QED) is 0.511. The van der Waals surface area contributed by atoms with Gasteiger partial charge in [-0.25, -0.2) is 0 Å². The molecule has 0 aliphatic carbocycles. The lowest BCUT2D eigenvalue weighted by atomic mass is 10.1. The van der Waals surface area contributed by atoms with Crippen molar-refractivity contribution in [2.45, 2.75) is 0 Å². The fourth-order valence-corrected chi connectivity index (χ4v) is 2.50. The zero-order chi connectivity index (χ0) is 19.8. The van der Waals surface area contributed by atoms with Crippen molar-refractivity contribution in [2.24, 2.45) is 7.05 Å². The van der Waals surface area contributed by atoms with Gasteiger partial charge in [-0.15, -0.1) is 0 Å². The van der Waals surface area contributed by atoms with E-state index in [0.29, 0.717) is 5.75 Å². The summed E-state index contributed by atoms with van der Waals surface area (Å²) >= 11 is 0. The van der Waals surface area contributed by atoms with Gasteiger partial charge in [-0.1, -0.05) is 48.5 Å². The van der Waals surface area contributed by atoms with E-state index in [1.54, 1.807) is 36.3 Å². The molecule has 0 bridgehead atoms. The molecule has 3 aromatic rings. The van der Waals surface area contributed by atoms with Gasteiger partial charge in [-0.05, 0) is 17.7 Å². The highest BCUT2D eigenvalue weighted by atomic mass is 16.5. The molecule has 0 fully saturated rings. The van der Waals surface area contributed by atoms with Crippen molar-refractivity contribution in [2.75, 3.05) is 6.61 Å². The second-order valence-corrected chi connectivity index (χ2v) is 5.97. The minimum absolute atomic E-state index is 0.226. The molecular formula is C21H20N4O3. The molecule has 3 rings (SSSR count). The third-order valence-electron chi connectivity index (χ3n) is 3.81. The largest absolute Gasteiger partial charge is 0.483 e. The number of aryl methyl sites for hydroxylation is 1. The van der Waals surface area contributed by atoms with Crippen molar-refractivity contribution < 1.29 is 14.3 Å². The predicted molar refractivity (Wildman–Crippen MR) is 106 cm³/mol. The monoisotopic (exact) mass is 376 g/mol. The smallest absolute Gasteiger partial charge is 0.276 e. The van der Waals surface area contributed by atoms with Crippen molar-refractivity contribution in [1.29, 1.82) is 0 Å². The van der Waals surface area contributed by atoms with E-state index < -0.39 is 11.8 Å². The van der Waals surface area contributed by atoms with Crippen molar-refractivity contribution in [3.63, 3.8) is 0 Å². The average Bonchev–Trinajstić information content (AvgIpc) is 3.15. The maximum absolute atomic E-state index is 12.0. The summed E-state index contributed by atoms with van der Waals surface area (Å²) in [4.78, 5) is 23.7. The summed E-state index contributed by atoms with van der Waals surface area (Å²) in [5, 5.41) is 4.00. The van der Waals surface area contributed by atoms with E-state index in [9.17, 15) is 9.59 Å². The number of para-hydroxylation sites is 1. The van der Waals surface area contributed by atoms with E-state index in [2.05, 4.69) is 16.0 Å². The SMILES string of the molecule is Cn1cc(/C=C/C(=O)NNC(=O)COc2ccccc2-c2ccccc2)cn1. The van der Waals surface area contributed by atoms with Gasteiger partial charge < -0.3 is 4.74 Å². The molecule has 2 amide bonds. The highest BCUT2D eigenvalue weighted by molar-refractivity contribution is 5.93. The maximum Gasteiger partial charge on any atom is 0.276 e. The zero-order valence-corrected chi connectivity index (χ0v) is 15.3. The van der Waals surface area contributed by atoms with E-state index in [1.807, 2.05) is 48.5 Å². The molecule has 2 aromatic carbocycles. The van der Waals surface area contributed by atoms with Gasteiger partial charge in [0.2, 0.25) is 0 Å². The van der Waals surface area contributed by atoms with Crippen molar-refractivity contribution in [1.82, 2.24) is 20.6 Å². The summed E-state index contributed by atoms with van der Waals surface area (Å²) in [6, 6.07) is 17.2. The second-order valence-electron chi connectivity index (χ2n) is 5.97. The number of hydrogen-bond acceptors (Lipinski definition) is 4. The Morgan fingerprint density at radius 1 is 1.07 bits per heavy atom. The first-order valence-corrected chi connectivity index (χ1v) is 8.64. The minimum atomic E-state index is -0.467. The number of aromatic nitrogens is 2. The number of hydrazine groups is 1. The first kappa shape index (κ1) is 18.9. The van der Waals surface area contributed by atoms with Gasteiger partial charge in [0.05, 0.1) is 6.20 Å². The molecule has 0 unspecified atom stereocenters. The van der Waals surface area contributed by atoms with Crippen LogP contribution < -0.4 is 15.6 Å². The molecule has 0 atom stereocenters. The number of benzene rings is 2. The Labute approximate surface area is 162 Å². The summed E-state index contributed by atoms with van der Waals surface area (Å²) in [6.45, 7) is -0.226. The Morgan fingerprint density at radius 2 is 1.82 bits per heavy atom. The first-order valence-electron chi connectivity index (χ1n) is 8.64. The zero-order valence-electron chi connectivity index (χ0n) is 15.3. The van der Waals surface area contributed by atoms with E-state index in [1.165, 1.54) is 6.08 Å². The van der Waals surface area contributed by atoms with Crippen LogP contribution in [0.3, 0.4) is 0 Å². The molecule has 7 nitrogen and oxygen atoms in total. The Morgan fingerprint density at radius 3 is 2.57 bits per heavy atom. The second kappa shape index (κ2) is 9.18. The lowest BCUT2D eigenvalue weighted by molar-refractivity contribution is -0.128. The topological polar surface area (TPSA) is 85.2 Å². The Hall–Kier alpha value is -3.87. The van der Waals surface area contributed by atoms with Gasteiger partial charge in [-0.3, -0.25) is 25.1 Å². The van der Waals surface area contributed by atoms with Crippen LogP contribution in [0.1, 0.15) is 5.56 Å². The maximum atomic E-state index is 12.0. The van der Waals surface area contributed by atoms with Crippen LogP contribution in [0.4, 0.5) is 0 Å². The van der Waals surface area contributed by atoms with Gasteiger partial charge in [0, 0.05) is 30.4 Å². The van der Waals surface area contributed by atoms with Gasteiger partial charge in [-0.2, -0.15) is 5.10 Å². The average molecular weight is 376 g/mol. The molecule has 0 aliphatic rings. The first-order chi connectivity index (χ1) is 13.6. The summed E-state index contributed by atoms with van der Waals surface area (Å²) in [5.74, 6) is -0.334. The number of carbonyl (C=O) groups excluding carboxylic acids is 2. The van der Waals surface area contributed by atoms with E-state index in [4.69, 9.17) is 4.74 Å². The highest BCUT2D eigenvalue weighted by Crippen LogP contribution is 2.29. The molecule has 7 heteroatoms. The summed E-state index contributed by atoms with van der Waals surface area (Å²) in [7, 11) is 1.79. The summed E-state index contributed by atoms with van der Waals surface area (Å²) in [6.07, 6.45) is 6.30. The Bertz CT molecular complexity index is 980. The van der Waals surface area contributed by atoms with Crippen molar-refractivity contribution in [3.05, 3.63) is 78.6 Å². The van der Waals surface area contributed by atoms with Crippen LogP contribution in [0.15, 0.2) is 73.1 Å². The lowest BCUT2D eigenvalue weighted by Gasteiger charge is -2.11. The van der Waals surface area contributed by atoms with E-state index in [0.717, 1.165) is 16.7 Å². The fraction of sp³-hybridized carbons (Fsp3) is 0.0952. The molecule has 142 valence electrons. The molecule has 1 heterocycles. The summed E-state index contributed by atoms with van der Waals surface area (Å²) in [5.41, 5.74) is 7.29. The van der Waals surface area contributed by atoms with Crippen LogP contribution >= 0.6 is 0 Å². The Kier molecular flexibility index (Phi) is 6.20. The number of ether oxygens (including phenoxy) is 1. The Balaban J connectivity index is 1.50. The summed E-state index contributed by atoms with van der Waals surface area (Å²) < 4.78 is 7.25. The van der Waals surface area contributed by atoms with Gasteiger partial charge in [0.15, 0.2) is 6.61 Å². The molecule has 0 aliphatic heterocycles. The van der Waals surface area contributed by atoms with Crippen molar-refractivity contribution in [3.8, 4) is 16.9 Å². The molecule has 0 saturated heterocycles. The van der Waals surface area contributed by atoms with Crippen LogP contribution in [0.2, 0.25) is 0 Å². The van der Waals surface area contributed by atoms with E-state index >= 15 is 0 Å². The number of nitrogens with zero attached hydrogens (tertiary/aromatic N) is 2. The molecule has 0 saturated carbocycles. The third kappa shape index (κ3) is 5.31.